The number of unbranched alkanes of at least 4 members (excludes halogenated alkanes) is 18. The van der Waals surface area contributed by atoms with Gasteiger partial charge in [0.1, 0.15) is 19.8 Å². The molecule has 1 unspecified atom stereocenters. The van der Waals surface area contributed by atoms with Gasteiger partial charge in [0.15, 0.2) is 6.10 Å². The first-order valence-electron chi connectivity index (χ1n) is 22.4. The number of phosphoric ester groups is 1. The second-order valence-electron chi connectivity index (χ2n) is 16.1. The summed E-state index contributed by atoms with van der Waals surface area (Å²) < 4.78 is 34.2. The Bertz CT molecular complexity index is 1100. The quantitative estimate of drug-likeness (QED) is 0.0214. The molecule has 0 aliphatic heterocycles. The number of hydrogen-bond acceptors (Lipinski definition) is 7. The van der Waals surface area contributed by atoms with Gasteiger partial charge in [0.2, 0.25) is 0 Å². The molecule has 0 radical (unpaired) electrons. The number of nitrogens with zero attached hydrogens (tertiary/aromatic N) is 1. The van der Waals surface area contributed by atoms with Crippen LogP contribution in [0, 0.1) is 0 Å². The topological polar surface area (TPSA) is 108 Å². The zero-order chi connectivity index (χ0) is 41.4. The Morgan fingerprint density at radius 3 is 1.55 bits per heavy atom. The van der Waals surface area contributed by atoms with Crippen molar-refractivity contribution in [2.24, 2.45) is 0 Å². The molecule has 0 aliphatic carbocycles. The van der Waals surface area contributed by atoms with Crippen LogP contribution in [0.2, 0.25) is 0 Å². The number of rotatable bonds is 40. The van der Waals surface area contributed by atoms with Crippen molar-refractivity contribution in [1.82, 2.24) is 0 Å². The van der Waals surface area contributed by atoms with Crippen LogP contribution in [-0.2, 0) is 32.7 Å². The predicted molar refractivity (Wildman–Crippen MR) is 233 cm³/mol. The lowest BCUT2D eigenvalue weighted by Gasteiger charge is -2.24. The molecule has 0 rings (SSSR count). The van der Waals surface area contributed by atoms with Crippen molar-refractivity contribution in [1.29, 1.82) is 0 Å². The van der Waals surface area contributed by atoms with E-state index in [9.17, 15) is 19.0 Å². The van der Waals surface area contributed by atoms with Crippen LogP contribution in [-0.4, -0.2) is 74.9 Å². The van der Waals surface area contributed by atoms with Crippen molar-refractivity contribution in [3.63, 3.8) is 0 Å². The number of phosphoric acid groups is 1. The van der Waals surface area contributed by atoms with Crippen LogP contribution in [0.25, 0.3) is 0 Å². The molecule has 0 heterocycles. The lowest BCUT2D eigenvalue weighted by atomic mass is 10.1. The van der Waals surface area contributed by atoms with Gasteiger partial charge in [-0.25, -0.2) is 4.57 Å². The molecule has 0 aliphatic rings. The lowest BCUT2D eigenvalue weighted by molar-refractivity contribution is -0.870. The SMILES string of the molecule is CCCC/C=C/CCCCCCCCCCCC(=O)OC[C@H](COP(=O)(O)OCC[N+](C)(C)C)OC(=O)CCC/C=C/C/C=C/C/C=C/CCCCCCCC. The van der Waals surface area contributed by atoms with Gasteiger partial charge in [0.25, 0.3) is 0 Å². The minimum Gasteiger partial charge on any atom is -0.462 e. The van der Waals surface area contributed by atoms with Gasteiger partial charge in [-0.1, -0.05) is 152 Å². The maximum atomic E-state index is 12.7. The summed E-state index contributed by atoms with van der Waals surface area (Å²) in [5, 5.41) is 0. The Morgan fingerprint density at radius 1 is 0.554 bits per heavy atom. The van der Waals surface area contributed by atoms with E-state index in [1.807, 2.05) is 21.1 Å². The number of allylic oxidation sites excluding steroid dienone is 8. The number of quaternary nitrogens is 1. The highest BCUT2D eigenvalue weighted by atomic mass is 31.2. The molecule has 1 N–H and O–H groups in total. The fourth-order valence-electron chi connectivity index (χ4n) is 5.77. The third kappa shape index (κ3) is 41.6. The summed E-state index contributed by atoms with van der Waals surface area (Å²) in [6, 6.07) is 0. The van der Waals surface area contributed by atoms with E-state index < -0.39 is 26.5 Å². The second-order valence-corrected chi connectivity index (χ2v) is 17.5. The summed E-state index contributed by atoms with van der Waals surface area (Å²) in [6.07, 6.45) is 44.5. The molecule has 0 aromatic rings. The average molecular weight is 811 g/mol. The van der Waals surface area contributed by atoms with Crippen LogP contribution < -0.4 is 0 Å². The summed E-state index contributed by atoms with van der Waals surface area (Å²) in [5.41, 5.74) is 0. The third-order valence-corrected chi connectivity index (χ3v) is 10.3. The van der Waals surface area contributed by atoms with Gasteiger partial charge in [-0.2, -0.15) is 0 Å². The zero-order valence-electron chi connectivity index (χ0n) is 36.6. The fourth-order valence-corrected chi connectivity index (χ4v) is 6.52. The summed E-state index contributed by atoms with van der Waals surface area (Å²) in [7, 11) is 1.44. The summed E-state index contributed by atoms with van der Waals surface area (Å²) in [6.45, 7) is 4.32. The van der Waals surface area contributed by atoms with Crippen molar-refractivity contribution < 1.29 is 42.1 Å². The van der Waals surface area contributed by atoms with E-state index in [1.165, 1.54) is 103 Å². The molecule has 0 amide bonds. The molecule has 2 atom stereocenters. The highest BCUT2D eigenvalue weighted by Crippen LogP contribution is 2.43. The van der Waals surface area contributed by atoms with E-state index in [-0.39, 0.29) is 32.0 Å². The van der Waals surface area contributed by atoms with E-state index >= 15 is 0 Å². The third-order valence-electron chi connectivity index (χ3n) is 9.33. The molecule has 9 nitrogen and oxygen atoms in total. The van der Waals surface area contributed by atoms with Crippen LogP contribution in [0.15, 0.2) is 48.6 Å². The van der Waals surface area contributed by atoms with Crippen LogP contribution >= 0.6 is 7.82 Å². The first-order valence-corrected chi connectivity index (χ1v) is 23.9. The first kappa shape index (κ1) is 54.0. The van der Waals surface area contributed by atoms with Crippen molar-refractivity contribution in [3.8, 4) is 0 Å². The van der Waals surface area contributed by atoms with Gasteiger partial charge in [0, 0.05) is 12.8 Å². The predicted octanol–water partition coefficient (Wildman–Crippen LogP) is 12.7. The molecule has 0 aromatic heterocycles. The zero-order valence-corrected chi connectivity index (χ0v) is 37.5. The highest BCUT2D eigenvalue weighted by Gasteiger charge is 2.27. The number of carbonyl (C=O) groups is 2. The van der Waals surface area contributed by atoms with E-state index in [2.05, 4.69) is 62.5 Å². The van der Waals surface area contributed by atoms with E-state index in [4.69, 9.17) is 18.5 Å². The maximum Gasteiger partial charge on any atom is 0.472 e. The Kier molecular flexibility index (Phi) is 37.1. The molecular weight excluding hydrogens is 725 g/mol. The Morgan fingerprint density at radius 2 is 1.00 bits per heavy atom. The molecule has 0 aromatic carbocycles. The number of esters is 2. The molecular formula is C46H85NO8P+. The Hall–Kier alpha value is -2.03. The van der Waals surface area contributed by atoms with Gasteiger partial charge in [-0.3, -0.25) is 18.6 Å². The van der Waals surface area contributed by atoms with Gasteiger partial charge in [-0.15, -0.1) is 0 Å². The average Bonchev–Trinajstić information content (AvgIpc) is 3.15. The number of carbonyl (C=O) groups excluding carboxylic acids is 2. The van der Waals surface area contributed by atoms with Gasteiger partial charge in [0.05, 0.1) is 27.7 Å². The number of ether oxygens (including phenoxy) is 2. The van der Waals surface area contributed by atoms with Crippen LogP contribution in [0.1, 0.15) is 181 Å². The minimum atomic E-state index is -4.39. The van der Waals surface area contributed by atoms with Gasteiger partial charge >= 0.3 is 19.8 Å². The molecule has 326 valence electrons. The van der Waals surface area contributed by atoms with Crippen LogP contribution in [0.4, 0.5) is 0 Å². The summed E-state index contributed by atoms with van der Waals surface area (Å²) >= 11 is 0. The molecule has 0 bridgehead atoms. The molecule has 0 spiro atoms. The molecule has 0 saturated heterocycles. The van der Waals surface area contributed by atoms with Crippen molar-refractivity contribution in [2.75, 3.05) is 47.5 Å². The molecule has 0 saturated carbocycles. The van der Waals surface area contributed by atoms with Crippen LogP contribution in [0.5, 0.6) is 0 Å². The molecule has 0 fully saturated rings. The number of likely N-dealkylation sites (N-methyl/N-ethyl adjacent to an activating group) is 1. The largest absolute Gasteiger partial charge is 0.472 e. The van der Waals surface area contributed by atoms with Crippen molar-refractivity contribution in [3.05, 3.63) is 48.6 Å². The van der Waals surface area contributed by atoms with Gasteiger partial charge < -0.3 is 18.9 Å². The summed E-state index contributed by atoms with van der Waals surface area (Å²) in [4.78, 5) is 35.3. The first-order chi connectivity index (χ1) is 27.0. The lowest BCUT2D eigenvalue weighted by Crippen LogP contribution is -2.37. The van der Waals surface area contributed by atoms with E-state index in [1.54, 1.807) is 0 Å². The van der Waals surface area contributed by atoms with Gasteiger partial charge in [-0.05, 0) is 64.2 Å². The smallest absolute Gasteiger partial charge is 0.462 e. The van der Waals surface area contributed by atoms with E-state index in [0.717, 1.165) is 44.9 Å². The normalized spacial score (nSPS) is 14.0. The molecule has 10 heteroatoms. The number of hydrogen-bond donors (Lipinski definition) is 1. The Labute approximate surface area is 343 Å². The maximum absolute atomic E-state index is 12.7. The standard InChI is InChI=1S/C46H84NO8P/c1-6-8-10-12-14-16-18-20-22-23-25-27-29-31-33-35-37-39-46(49)55-44(43-54-56(50,51)53-41-40-47(3,4)5)42-52-45(48)38-36-34-32-30-28-26-24-21-19-17-15-13-11-9-7-2/h13,15,20,22,25,27,31,33,44H,6-12,14,16-19,21,23-24,26,28-30,32,34-43H2,1-5H3/p+1/b15-13+,22-20+,27-25+,33-31+/t44-/m1/s1. The Balaban J connectivity index is 4.44. The monoisotopic (exact) mass is 811 g/mol. The highest BCUT2D eigenvalue weighted by molar-refractivity contribution is 7.47. The molecule has 56 heavy (non-hydrogen) atoms. The summed E-state index contributed by atoms with van der Waals surface area (Å²) in [5.74, 6) is -0.863. The minimum absolute atomic E-state index is 0.0213. The van der Waals surface area contributed by atoms with Crippen molar-refractivity contribution >= 4 is 19.8 Å². The van der Waals surface area contributed by atoms with Crippen molar-refractivity contribution in [2.45, 2.75) is 187 Å². The second kappa shape index (κ2) is 38.5. The van der Waals surface area contributed by atoms with Crippen LogP contribution in [0.3, 0.4) is 0 Å². The fraction of sp³-hybridized carbons (Fsp3) is 0.783. The van der Waals surface area contributed by atoms with E-state index in [0.29, 0.717) is 17.4 Å².